The van der Waals surface area contributed by atoms with Crippen LogP contribution in [0.15, 0.2) is 30.3 Å². The molecule has 0 amide bonds. The molecular weight excluding hydrogens is 266 g/mol. The Kier molecular flexibility index (Phi) is 2.55. The molecular formula is C14H11N7. The third-order valence-electron chi connectivity index (χ3n) is 3.30. The van der Waals surface area contributed by atoms with Crippen molar-refractivity contribution in [1.82, 2.24) is 30.0 Å². The molecule has 1 atom stereocenters. The van der Waals surface area contributed by atoms with Gasteiger partial charge in [-0.1, -0.05) is 34.6 Å². The van der Waals surface area contributed by atoms with Gasteiger partial charge in [0.2, 0.25) is 6.29 Å². The van der Waals surface area contributed by atoms with E-state index in [4.69, 9.17) is 5.73 Å². The number of nitrogens with two attached hydrogens (primary N) is 1. The van der Waals surface area contributed by atoms with E-state index >= 15 is 0 Å². The quantitative estimate of drug-likeness (QED) is 0.698. The molecule has 2 aromatic heterocycles. The molecule has 21 heavy (non-hydrogen) atoms. The fourth-order valence-electron chi connectivity index (χ4n) is 2.27. The minimum atomic E-state index is -0.644. The first-order chi connectivity index (χ1) is 10.3. The van der Waals surface area contributed by atoms with Gasteiger partial charge in [0.25, 0.3) is 0 Å². The average molecular weight is 277 g/mol. The Balaban J connectivity index is 1.85. The lowest BCUT2D eigenvalue weighted by Crippen LogP contribution is -2.29. The van der Waals surface area contributed by atoms with Gasteiger partial charge < -0.3 is 0 Å². The molecule has 1 aliphatic carbocycles. The van der Waals surface area contributed by atoms with Crippen LogP contribution < -0.4 is 5.73 Å². The van der Waals surface area contributed by atoms with Gasteiger partial charge in [0.1, 0.15) is 16.9 Å². The number of benzene rings is 1. The van der Waals surface area contributed by atoms with Gasteiger partial charge in [0.15, 0.2) is 0 Å². The number of aromatic nitrogens is 6. The summed E-state index contributed by atoms with van der Waals surface area (Å²) in [6, 6.07) is 7.62. The van der Waals surface area contributed by atoms with Crippen molar-refractivity contribution < 1.29 is 0 Å². The van der Waals surface area contributed by atoms with Crippen molar-refractivity contribution in [2.45, 2.75) is 12.7 Å². The third-order valence-corrected chi connectivity index (χ3v) is 3.30. The van der Waals surface area contributed by atoms with E-state index in [9.17, 15) is 0 Å². The molecule has 2 heterocycles. The predicted molar refractivity (Wildman–Crippen MR) is 76.7 cm³/mol. The molecule has 0 fully saturated rings. The van der Waals surface area contributed by atoms with E-state index in [1.807, 2.05) is 36.4 Å². The highest BCUT2D eigenvalue weighted by Crippen LogP contribution is 2.17. The standard InChI is InChI=1S/C14H11N7/c15-14(21-13-9-5-4-7-11(13)17-19-21)20-12-8-3-1-2-6-10(12)16-18-20/h2,4-7,9,14H,1,15H2. The topological polar surface area (TPSA) is 87.4 Å². The van der Waals surface area contributed by atoms with Gasteiger partial charge >= 0.3 is 0 Å². The van der Waals surface area contributed by atoms with Crippen LogP contribution in [0.3, 0.4) is 0 Å². The van der Waals surface area contributed by atoms with E-state index < -0.39 is 6.29 Å². The van der Waals surface area contributed by atoms with Crippen molar-refractivity contribution in [2.24, 2.45) is 5.73 Å². The molecule has 0 bridgehead atoms. The largest absolute Gasteiger partial charge is 0.291 e. The van der Waals surface area contributed by atoms with Crippen molar-refractivity contribution in [3.63, 3.8) is 0 Å². The lowest BCUT2D eigenvalue weighted by atomic mass is 10.3. The van der Waals surface area contributed by atoms with Gasteiger partial charge in [0.05, 0.1) is 5.52 Å². The maximum atomic E-state index is 6.28. The Hall–Kier alpha value is -2.98. The summed E-state index contributed by atoms with van der Waals surface area (Å²) in [7, 11) is 0. The zero-order chi connectivity index (χ0) is 14.2. The maximum absolute atomic E-state index is 6.28. The molecule has 0 aliphatic heterocycles. The van der Waals surface area contributed by atoms with E-state index in [0.717, 1.165) is 16.7 Å². The third kappa shape index (κ3) is 1.81. The summed E-state index contributed by atoms with van der Waals surface area (Å²) >= 11 is 0. The van der Waals surface area contributed by atoms with Crippen molar-refractivity contribution in [3.8, 4) is 11.8 Å². The van der Waals surface area contributed by atoms with Gasteiger partial charge in [0, 0.05) is 6.42 Å². The summed E-state index contributed by atoms with van der Waals surface area (Å²) in [6.07, 6.45) is 3.89. The second-order valence-corrected chi connectivity index (χ2v) is 4.61. The zero-order valence-electron chi connectivity index (χ0n) is 11.0. The predicted octanol–water partition coefficient (Wildman–Crippen LogP) is 0.754. The van der Waals surface area contributed by atoms with Gasteiger partial charge in [-0.05, 0) is 24.1 Å². The van der Waals surface area contributed by atoms with Crippen molar-refractivity contribution in [3.05, 3.63) is 41.7 Å². The molecule has 2 N–H and O–H groups in total. The van der Waals surface area contributed by atoms with E-state index in [1.165, 1.54) is 0 Å². The number of rotatable bonds is 2. The highest BCUT2D eigenvalue weighted by Gasteiger charge is 2.19. The summed E-state index contributed by atoms with van der Waals surface area (Å²) in [6.45, 7) is 0. The molecule has 1 aliphatic rings. The molecule has 102 valence electrons. The monoisotopic (exact) mass is 277 g/mol. The van der Waals surface area contributed by atoms with Crippen LogP contribution in [-0.4, -0.2) is 30.0 Å². The molecule has 0 saturated carbocycles. The lowest BCUT2D eigenvalue weighted by Gasteiger charge is -2.13. The number of allylic oxidation sites excluding steroid dienone is 1. The van der Waals surface area contributed by atoms with E-state index in [0.29, 0.717) is 12.1 Å². The molecule has 1 aromatic carbocycles. The second-order valence-electron chi connectivity index (χ2n) is 4.61. The minimum Gasteiger partial charge on any atom is -0.291 e. The highest BCUT2D eigenvalue weighted by molar-refractivity contribution is 5.74. The molecule has 3 aromatic rings. The van der Waals surface area contributed by atoms with Crippen LogP contribution in [0.1, 0.15) is 24.1 Å². The number of para-hydroxylation sites is 1. The summed E-state index contributed by atoms with van der Waals surface area (Å²) in [5.74, 6) is 6.08. The maximum Gasteiger partial charge on any atom is 0.200 e. The van der Waals surface area contributed by atoms with Gasteiger partial charge in [-0.2, -0.15) is 4.68 Å². The number of fused-ring (bicyclic) bond motifs is 2. The minimum absolute atomic E-state index is 0.644. The Morgan fingerprint density at radius 3 is 2.95 bits per heavy atom. The number of hydrogen-bond acceptors (Lipinski definition) is 5. The molecule has 4 rings (SSSR count). The normalized spacial score (nSPS) is 14.3. The van der Waals surface area contributed by atoms with E-state index in [-0.39, 0.29) is 0 Å². The fourth-order valence-corrected chi connectivity index (χ4v) is 2.27. The SMILES string of the molecule is NC(n1nnc2c1C#CCC=C2)n1nnc2ccccc21. The Bertz CT molecular complexity index is 906. The van der Waals surface area contributed by atoms with Gasteiger partial charge in [-0.3, -0.25) is 5.73 Å². The Morgan fingerprint density at radius 1 is 1.14 bits per heavy atom. The van der Waals surface area contributed by atoms with Gasteiger partial charge in [-0.25, -0.2) is 4.68 Å². The van der Waals surface area contributed by atoms with Crippen LogP contribution in [0.2, 0.25) is 0 Å². The lowest BCUT2D eigenvalue weighted by molar-refractivity contribution is 0.364. The number of hydrogen-bond donors (Lipinski definition) is 1. The summed E-state index contributed by atoms with van der Waals surface area (Å²) in [5.41, 5.74) is 9.31. The molecule has 0 radical (unpaired) electrons. The van der Waals surface area contributed by atoms with Crippen LogP contribution in [0.25, 0.3) is 17.1 Å². The Morgan fingerprint density at radius 2 is 2.00 bits per heavy atom. The first-order valence-electron chi connectivity index (χ1n) is 6.51. The van der Waals surface area contributed by atoms with Gasteiger partial charge in [-0.15, -0.1) is 10.2 Å². The molecule has 7 heteroatoms. The zero-order valence-corrected chi connectivity index (χ0v) is 11.0. The van der Waals surface area contributed by atoms with Crippen molar-refractivity contribution in [2.75, 3.05) is 0 Å². The van der Waals surface area contributed by atoms with Crippen LogP contribution in [0.4, 0.5) is 0 Å². The van der Waals surface area contributed by atoms with E-state index in [2.05, 4.69) is 32.5 Å². The first-order valence-corrected chi connectivity index (χ1v) is 6.51. The van der Waals surface area contributed by atoms with Crippen LogP contribution >= 0.6 is 0 Å². The van der Waals surface area contributed by atoms with Crippen molar-refractivity contribution in [1.29, 1.82) is 0 Å². The van der Waals surface area contributed by atoms with Crippen molar-refractivity contribution >= 4 is 17.1 Å². The average Bonchev–Trinajstić information content (AvgIpc) is 3.05. The van der Waals surface area contributed by atoms with E-state index in [1.54, 1.807) is 9.36 Å². The summed E-state index contributed by atoms with van der Waals surface area (Å²) in [5, 5.41) is 16.4. The van der Waals surface area contributed by atoms with Crippen LogP contribution in [0, 0.1) is 11.8 Å². The first kappa shape index (κ1) is 11.8. The fraction of sp³-hybridized carbons (Fsp3) is 0.143. The summed E-state index contributed by atoms with van der Waals surface area (Å²) in [4.78, 5) is 0. The smallest absolute Gasteiger partial charge is 0.200 e. The molecule has 7 nitrogen and oxygen atoms in total. The second kappa shape index (κ2) is 4.54. The molecule has 0 saturated heterocycles. The molecule has 0 spiro atoms. The highest BCUT2D eigenvalue weighted by atomic mass is 15.6. The van der Waals surface area contributed by atoms with Crippen LogP contribution in [-0.2, 0) is 0 Å². The number of nitrogens with zero attached hydrogens (tertiary/aromatic N) is 6. The molecule has 1 unspecified atom stereocenters. The Labute approximate surface area is 120 Å². The summed E-state index contributed by atoms with van der Waals surface area (Å²) < 4.78 is 3.18. The van der Waals surface area contributed by atoms with Crippen LogP contribution in [0.5, 0.6) is 0 Å².